The first kappa shape index (κ1) is 12.8. The second kappa shape index (κ2) is 3.82. The zero-order valence-electron chi connectivity index (χ0n) is 12.0. The summed E-state index contributed by atoms with van der Waals surface area (Å²) in [6.07, 6.45) is 4.88. The smallest absolute Gasteiger partial charge is 0.322 e. The Morgan fingerprint density at radius 1 is 1.33 bits per heavy atom. The maximum absolute atomic E-state index is 12.4. The van der Waals surface area contributed by atoms with E-state index in [0.29, 0.717) is 17.3 Å². The number of anilines is 1. The van der Waals surface area contributed by atoms with Crippen LogP contribution in [0.3, 0.4) is 0 Å². The van der Waals surface area contributed by atoms with E-state index >= 15 is 0 Å². The van der Waals surface area contributed by atoms with Crippen molar-refractivity contribution >= 4 is 23.2 Å². The van der Waals surface area contributed by atoms with Gasteiger partial charge in [-0.3, -0.25) is 9.78 Å². The van der Waals surface area contributed by atoms with Gasteiger partial charge in [0.25, 0.3) is 0 Å². The highest BCUT2D eigenvalue weighted by molar-refractivity contribution is 6.06. The van der Waals surface area contributed by atoms with Crippen LogP contribution in [0, 0.1) is 10.8 Å². The van der Waals surface area contributed by atoms with Crippen molar-refractivity contribution in [2.24, 2.45) is 15.8 Å². The number of nitrogens with zero attached hydrogens (tertiary/aromatic N) is 2. The van der Waals surface area contributed by atoms with E-state index in [-0.39, 0.29) is 18.2 Å². The summed E-state index contributed by atoms with van der Waals surface area (Å²) < 4.78 is 11.5. The molecule has 0 spiro atoms. The van der Waals surface area contributed by atoms with E-state index in [4.69, 9.17) is 15.2 Å². The van der Waals surface area contributed by atoms with E-state index in [1.807, 2.05) is 13.8 Å². The van der Waals surface area contributed by atoms with Crippen molar-refractivity contribution in [3.8, 4) is 0 Å². The molecule has 6 nitrogen and oxygen atoms in total. The van der Waals surface area contributed by atoms with E-state index in [1.54, 1.807) is 18.5 Å². The van der Waals surface area contributed by atoms with Crippen molar-refractivity contribution in [2.45, 2.75) is 38.9 Å². The molecule has 1 aromatic heterocycles. The number of carbonyl (C=O) groups excluding carboxylic acids is 1. The third kappa shape index (κ3) is 1.33. The van der Waals surface area contributed by atoms with Crippen molar-refractivity contribution in [3.63, 3.8) is 0 Å². The Bertz CT molecular complexity index is 674. The van der Waals surface area contributed by atoms with Gasteiger partial charge < -0.3 is 15.2 Å². The van der Waals surface area contributed by atoms with Crippen LogP contribution in [0.2, 0.25) is 0 Å². The zero-order chi connectivity index (χ0) is 14.8. The van der Waals surface area contributed by atoms with Gasteiger partial charge in [0.2, 0.25) is 5.90 Å². The summed E-state index contributed by atoms with van der Waals surface area (Å²) in [5.41, 5.74) is 5.74. The molecule has 4 rings (SSSR count). The summed E-state index contributed by atoms with van der Waals surface area (Å²) in [4.78, 5) is 20.9. The van der Waals surface area contributed by atoms with Gasteiger partial charge in [0.15, 0.2) is 0 Å². The third-order valence-electron chi connectivity index (χ3n) is 5.50. The minimum absolute atomic E-state index is 0.0319. The number of esters is 1. The SMILES string of the molecule is C[C@@]12C(=Nc3cnccc3N)OC(=O)[C@]1(C)[C@H]1CC[C@@H]2O1. The molecule has 4 atom stereocenters. The van der Waals surface area contributed by atoms with Crippen LogP contribution in [0.15, 0.2) is 23.5 Å². The van der Waals surface area contributed by atoms with Crippen LogP contribution >= 0.6 is 0 Å². The number of pyridine rings is 1. The Hall–Kier alpha value is -1.95. The molecule has 0 aromatic carbocycles. The van der Waals surface area contributed by atoms with Gasteiger partial charge in [-0.2, -0.15) is 0 Å². The molecule has 3 saturated heterocycles. The fourth-order valence-electron chi connectivity index (χ4n) is 3.90. The summed E-state index contributed by atoms with van der Waals surface area (Å²) in [7, 11) is 0. The number of nitrogen functional groups attached to an aromatic ring is 1. The number of hydrogen-bond donors (Lipinski definition) is 1. The monoisotopic (exact) mass is 287 g/mol. The van der Waals surface area contributed by atoms with Crippen LogP contribution in [0.1, 0.15) is 26.7 Å². The molecular formula is C15H17N3O3. The lowest BCUT2D eigenvalue weighted by Crippen LogP contribution is -2.48. The van der Waals surface area contributed by atoms with Gasteiger partial charge in [0.05, 0.1) is 29.5 Å². The van der Waals surface area contributed by atoms with Gasteiger partial charge in [0, 0.05) is 6.20 Å². The fraction of sp³-hybridized carbons (Fsp3) is 0.533. The molecule has 0 amide bonds. The summed E-state index contributed by atoms with van der Waals surface area (Å²) in [5.74, 6) is 0.153. The number of hydrogen-bond acceptors (Lipinski definition) is 6. The number of rotatable bonds is 1. The lowest BCUT2D eigenvalue weighted by molar-refractivity contribution is -0.146. The summed E-state index contributed by atoms with van der Waals surface area (Å²) in [5, 5.41) is 0. The van der Waals surface area contributed by atoms with Gasteiger partial charge in [0.1, 0.15) is 11.1 Å². The van der Waals surface area contributed by atoms with Crippen molar-refractivity contribution in [1.29, 1.82) is 0 Å². The predicted octanol–water partition coefficient (Wildman–Crippen LogP) is 1.82. The molecule has 0 aliphatic carbocycles. The lowest BCUT2D eigenvalue weighted by atomic mass is 9.59. The number of aromatic nitrogens is 1. The van der Waals surface area contributed by atoms with Gasteiger partial charge in [-0.15, -0.1) is 0 Å². The summed E-state index contributed by atoms with van der Waals surface area (Å²) >= 11 is 0. The molecule has 4 heterocycles. The zero-order valence-corrected chi connectivity index (χ0v) is 12.0. The van der Waals surface area contributed by atoms with E-state index < -0.39 is 10.8 Å². The van der Waals surface area contributed by atoms with Gasteiger partial charge in [-0.1, -0.05) is 0 Å². The Labute approximate surface area is 122 Å². The normalized spacial score (nSPS) is 42.4. The maximum Gasteiger partial charge on any atom is 0.322 e. The van der Waals surface area contributed by atoms with Crippen LogP contribution in [0.5, 0.6) is 0 Å². The Morgan fingerprint density at radius 3 is 2.76 bits per heavy atom. The van der Waals surface area contributed by atoms with E-state index in [1.165, 1.54) is 0 Å². The highest BCUT2D eigenvalue weighted by Crippen LogP contribution is 2.64. The Balaban J connectivity index is 1.85. The number of aliphatic imine (C=N–C) groups is 1. The molecule has 21 heavy (non-hydrogen) atoms. The minimum atomic E-state index is -0.661. The molecule has 6 heteroatoms. The van der Waals surface area contributed by atoms with E-state index in [0.717, 1.165) is 12.8 Å². The number of carbonyl (C=O) groups is 1. The average Bonchev–Trinajstić information content (AvgIpc) is 3.08. The predicted molar refractivity (Wildman–Crippen MR) is 75.9 cm³/mol. The molecular weight excluding hydrogens is 270 g/mol. The Kier molecular flexibility index (Phi) is 2.32. The second-order valence-electron chi connectivity index (χ2n) is 6.34. The van der Waals surface area contributed by atoms with Gasteiger partial charge in [-0.25, -0.2) is 4.99 Å². The molecule has 3 fully saturated rings. The molecule has 1 aromatic rings. The third-order valence-corrected chi connectivity index (χ3v) is 5.50. The van der Waals surface area contributed by atoms with Crippen LogP contribution in [0.25, 0.3) is 0 Å². The van der Waals surface area contributed by atoms with Gasteiger partial charge >= 0.3 is 5.97 Å². The molecule has 2 bridgehead atoms. The molecule has 0 radical (unpaired) electrons. The van der Waals surface area contributed by atoms with Crippen molar-refractivity contribution < 1.29 is 14.3 Å². The lowest BCUT2D eigenvalue weighted by Gasteiger charge is -2.36. The van der Waals surface area contributed by atoms with Crippen molar-refractivity contribution in [2.75, 3.05) is 5.73 Å². The fourth-order valence-corrected chi connectivity index (χ4v) is 3.90. The number of fused-ring (bicyclic) bond motifs is 5. The number of ether oxygens (including phenoxy) is 2. The highest BCUT2D eigenvalue weighted by atomic mass is 16.6. The second-order valence-corrected chi connectivity index (χ2v) is 6.34. The first-order chi connectivity index (χ1) is 9.98. The summed E-state index contributed by atoms with van der Waals surface area (Å²) in [6, 6.07) is 1.68. The average molecular weight is 287 g/mol. The molecule has 2 N–H and O–H groups in total. The summed E-state index contributed by atoms with van der Waals surface area (Å²) in [6.45, 7) is 3.93. The van der Waals surface area contributed by atoms with Crippen LogP contribution in [-0.4, -0.2) is 29.1 Å². The highest BCUT2D eigenvalue weighted by Gasteiger charge is 2.75. The first-order valence-electron chi connectivity index (χ1n) is 7.14. The van der Waals surface area contributed by atoms with Crippen LogP contribution < -0.4 is 5.73 Å². The Morgan fingerprint density at radius 2 is 2.05 bits per heavy atom. The molecule has 3 aliphatic rings. The topological polar surface area (TPSA) is 86.8 Å². The van der Waals surface area contributed by atoms with E-state index in [2.05, 4.69) is 9.98 Å². The van der Waals surface area contributed by atoms with Crippen molar-refractivity contribution in [1.82, 2.24) is 4.98 Å². The van der Waals surface area contributed by atoms with E-state index in [9.17, 15) is 4.79 Å². The standard InChI is InChI=1S/C15H17N3O3/c1-14-10-3-4-11(20-10)15(14,2)13(19)21-12(14)18-9-7-17-6-5-8(9)16/h5-7,10-11H,3-4H2,1-2H3,(H2,16,17)/t10-,11+,14+,15-/m0/s1. The van der Waals surface area contributed by atoms with Crippen LogP contribution in [-0.2, 0) is 14.3 Å². The molecule has 0 unspecified atom stereocenters. The van der Waals surface area contributed by atoms with Gasteiger partial charge in [-0.05, 0) is 32.8 Å². The largest absolute Gasteiger partial charge is 0.410 e. The number of nitrogens with two attached hydrogens (primary N) is 1. The molecule has 110 valence electrons. The quantitative estimate of drug-likeness (QED) is 0.796. The molecule has 0 saturated carbocycles. The van der Waals surface area contributed by atoms with Crippen molar-refractivity contribution in [3.05, 3.63) is 18.5 Å². The minimum Gasteiger partial charge on any atom is -0.410 e. The molecule has 3 aliphatic heterocycles. The van der Waals surface area contributed by atoms with Crippen LogP contribution in [0.4, 0.5) is 11.4 Å². The number of cyclic esters (lactones) is 1. The first-order valence-corrected chi connectivity index (χ1v) is 7.14. The maximum atomic E-state index is 12.4.